The van der Waals surface area contributed by atoms with E-state index in [9.17, 15) is 4.79 Å². The van der Waals surface area contributed by atoms with Crippen molar-refractivity contribution in [2.75, 3.05) is 20.1 Å². The number of nitrogens with zero attached hydrogens (tertiary/aromatic N) is 2. The van der Waals surface area contributed by atoms with Gasteiger partial charge >= 0.3 is 0 Å². The van der Waals surface area contributed by atoms with Crippen LogP contribution >= 0.6 is 11.6 Å². The van der Waals surface area contributed by atoms with Gasteiger partial charge in [0.05, 0.1) is 12.0 Å². The second-order valence-corrected chi connectivity index (χ2v) is 8.52. The molecule has 1 fully saturated rings. The second kappa shape index (κ2) is 11.2. The summed E-state index contributed by atoms with van der Waals surface area (Å²) in [5.74, 6) is 0.499. The van der Waals surface area contributed by atoms with Gasteiger partial charge in [-0.05, 0) is 49.1 Å². The average molecular weight is 442 g/mol. The van der Waals surface area contributed by atoms with E-state index in [1.165, 1.54) is 11.1 Å². The molecule has 0 aromatic heterocycles. The number of hydrogen-bond donors (Lipinski definition) is 3. The lowest BCUT2D eigenvalue weighted by Crippen LogP contribution is -2.40. The molecular weight excluding hydrogens is 410 g/mol. The minimum atomic E-state index is -0.187. The summed E-state index contributed by atoms with van der Waals surface area (Å²) >= 11 is 6.31. The fourth-order valence-corrected chi connectivity index (χ4v) is 4.32. The molecule has 7 heteroatoms. The van der Waals surface area contributed by atoms with E-state index in [1.807, 2.05) is 24.3 Å². The molecule has 3 rings (SSSR count). The number of aliphatic imine (C=N–C) groups is 1. The SMILES string of the molecule is CN=C(NCc1cccc(CN2CCCC(C(N)=O)C2)c1)NC(C)c1ccccc1Cl. The number of amides is 1. The topological polar surface area (TPSA) is 82.8 Å². The van der Waals surface area contributed by atoms with Gasteiger partial charge in [-0.15, -0.1) is 0 Å². The van der Waals surface area contributed by atoms with Crippen LogP contribution in [0.1, 0.15) is 42.5 Å². The van der Waals surface area contributed by atoms with Gasteiger partial charge in [-0.2, -0.15) is 0 Å². The summed E-state index contributed by atoms with van der Waals surface area (Å²) in [4.78, 5) is 18.2. The van der Waals surface area contributed by atoms with Gasteiger partial charge in [-0.25, -0.2) is 0 Å². The van der Waals surface area contributed by atoms with Crippen molar-refractivity contribution in [2.24, 2.45) is 16.6 Å². The van der Waals surface area contributed by atoms with Gasteiger partial charge in [0.25, 0.3) is 0 Å². The van der Waals surface area contributed by atoms with E-state index in [1.54, 1.807) is 7.05 Å². The third-order valence-electron chi connectivity index (χ3n) is 5.71. The van der Waals surface area contributed by atoms with E-state index < -0.39 is 0 Å². The van der Waals surface area contributed by atoms with Gasteiger partial charge in [-0.1, -0.05) is 54.1 Å². The molecule has 0 aliphatic carbocycles. The lowest BCUT2D eigenvalue weighted by molar-refractivity contribution is -0.123. The predicted molar refractivity (Wildman–Crippen MR) is 127 cm³/mol. The number of carbonyl (C=O) groups excluding carboxylic acids is 1. The van der Waals surface area contributed by atoms with Crippen LogP contribution in [0, 0.1) is 5.92 Å². The highest BCUT2D eigenvalue weighted by Crippen LogP contribution is 2.22. The number of hydrogen-bond acceptors (Lipinski definition) is 3. The number of primary amides is 1. The van der Waals surface area contributed by atoms with Gasteiger partial charge in [-0.3, -0.25) is 14.7 Å². The summed E-state index contributed by atoms with van der Waals surface area (Å²) < 4.78 is 0. The van der Waals surface area contributed by atoms with Crippen molar-refractivity contribution in [1.29, 1.82) is 0 Å². The molecule has 1 aliphatic rings. The highest BCUT2D eigenvalue weighted by Gasteiger charge is 2.23. The van der Waals surface area contributed by atoms with Gasteiger partial charge in [0, 0.05) is 31.7 Å². The fraction of sp³-hybridized carbons (Fsp3) is 0.417. The second-order valence-electron chi connectivity index (χ2n) is 8.11. The molecule has 2 unspecified atom stereocenters. The van der Waals surface area contributed by atoms with Crippen LogP contribution in [0.2, 0.25) is 5.02 Å². The van der Waals surface area contributed by atoms with Crippen LogP contribution in [-0.4, -0.2) is 36.9 Å². The van der Waals surface area contributed by atoms with E-state index in [-0.39, 0.29) is 17.9 Å². The number of benzene rings is 2. The number of nitrogens with two attached hydrogens (primary N) is 1. The summed E-state index contributed by atoms with van der Waals surface area (Å²) in [6.45, 7) is 5.30. The standard InChI is InChI=1S/C24H32ClN5O/c1-17(21-10-3-4-11-22(21)25)29-24(27-2)28-14-18-7-5-8-19(13-18)15-30-12-6-9-20(16-30)23(26)31/h3-5,7-8,10-11,13,17,20H,6,9,12,14-16H2,1-2H3,(H2,26,31)(H2,27,28,29). The zero-order valence-electron chi connectivity index (χ0n) is 18.3. The number of nitrogens with one attached hydrogen (secondary N) is 2. The van der Waals surface area contributed by atoms with E-state index in [0.717, 1.165) is 49.0 Å². The smallest absolute Gasteiger partial charge is 0.221 e. The number of halogens is 1. The molecule has 1 heterocycles. The van der Waals surface area contributed by atoms with Crippen LogP contribution in [0.15, 0.2) is 53.5 Å². The Bertz CT molecular complexity index is 916. The lowest BCUT2D eigenvalue weighted by Gasteiger charge is -2.31. The Hall–Kier alpha value is -2.57. The molecule has 1 saturated heterocycles. The summed E-state index contributed by atoms with van der Waals surface area (Å²) in [5, 5.41) is 7.51. The Labute approximate surface area is 189 Å². The molecule has 1 amide bonds. The zero-order chi connectivity index (χ0) is 22.2. The summed E-state index contributed by atoms with van der Waals surface area (Å²) in [6, 6.07) is 16.4. The van der Waals surface area contributed by atoms with Crippen LogP contribution in [0.25, 0.3) is 0 Å². The van der Waals surface area contributed by atoms with Crippen LogP contribution in [0.3, 0.4) is 0 Å². The molecular formula is C24H32ClN5O. The molecule has 4 N–H and O–H groups in total. The number of guanidine groups is 1. The number of carbonyl (C=O) groups is 1. The molecule has 166 valence electrons. The lowest BCUT2D eigenvalue weighted by atomic mass is 9.97. The van der Waals surface area contributed by atoms with Crippen molar-refractivity contribution in [1.82, 2.24) is 15.5 Å². The Morgan fingerprint density at radius 3 is 2.77 bits per heavy atom. The van der Waals surface area contributed by atoms with Crippen LogP contribution in [0.4, 0.5) is 0 Å². The van der Waals surface area contributed by atoms with E-state index >= 15 is 0 Å². The highest BCUT2D eigenvalue weighted by molar-refractivity contribution is 6.31. The maximum Gasteiger partial charge on any atom is 0.221 e. The van der Waals surface area contributed by atoms with E-state index in [4.69, 9.17) is 17.3 Å². The van der Waals surface area contributed by atoms with Gasteiger partial charge in [0.15, 0.2) is 5.96 Å². The van der Waals surface area contributed by atoms with Gasteiger partial charge in [0.1, 0.15) is 0 Å². The first kappa shape index (κ1) is 23.1. The molecule has 0 radical (unpaired) electrons. The summed E-state index contributed by atoms with van der Waals surface area (Å²) in [7, 11) is 1.76. The molecule has 2 atom stereocenters. The van der Waals surface area contributed by atoms with Crippen molar-refractivity contribution in [3.05, 3.63) is 70.2 Å². The largest absolute Gasteiger partial charge is 0.369 e. The Morgan fingerprint density at radius 2 is 2.03 bits per heavy atom. The molecule has 2 aromatic carbocycles. The van der Waals surface area contributed by atoms with Crippen molar-refractivity contribution >= 4 is 23.5 Å². The molecule has 31 heavy (non-hydrogen) atoms. The van der Waals surface area contributed by atoms with Crippen LogP contribution in [-0.2, 0) is 17.9 Å². The Kier molecular flexibility index (Phi) is 8.32. The van der Waals surface area contributed by atoms with Crippen LogP contribution in [0.5, 0.6) is 0 Å². The van der Waals surface area contributed by atoms with E-state index in [0.29, 0.717) is 6.54 Å². The minimum absolute atomic E-state index is 0.0311. The molecule has 1 aliphatic heterocycles. The zero-order valence-corrected chi connectivity index (χ0v) is 19.0. The predicted octanol–water partition coefficient (Wildman–Crippen LogP) is 3.46. The van der Waals surface area contributed by atoms with Crippen LogP contribution < -0.4 is 16.4 Å². The molecule has 0 saturated carbocycles. The molecule has 6 nitrogen and oxygen atoms in total. The highest BCUT2D eigenvalue weighted by atomic mass is 35.5. The first-order valence-corrected chi connectivity index (χ1v) is 11.1. The minimum Gasteiger partial charge on any atom is -0.369 e. The summed E-state index contributed by atoms with van der Waals surface area (Å²) in [6.07, 6.45) is 1.91. The maximum atomic E-state index is 11.5. The summed E-state index contributed by atoms with van der Waals surface area (Å²) in [5.41, 5.74) is 8.95. The first-order valence-electron chi connectivity index (χ1n) is 10.8. The Morgan fingerprint density at radius 1 is 1.26 bits per heavy atom. The monoisotopic (exact) mass is 441 g/mol. The van der Waals surface area contributed by atoms with Crippen molar-refractivity contribution < 1.29 is 4.79 Å². The van der Waals surface area contributed by atoms with E-state index in [2.05, 4.69) is 51.7 Å². The van der Waals surface area contributed by atoms with Crippen molar-refractivity contribution in [3.8, 4) is 0 Å². The number of likely N-dealkylation sites (tertiary alicyclic amines) is 1. The molecule has 2 aromatic rings. The first-order chi connectivity index (χ1) is 15.0. The van der Waals surface area contributed by atoms with Gasteiger partial charge in [0.2, 0.25) is 5.91 Å². The van der Waals surface area contributed by atoms with Crippen molar-refractivity contribution in [2.45, 2.75) is 38.9 Å². The normalized spacial score (nSPS) is 18.4. The number of rotatable bonds is 7. The maximum absolute atomic E-state index is 11.5. The third kappa shape index (κ3) is 6.71. The van der Waals surface area contributed by atoms with Crippen molar-refractivity contribution in [3.63, 3.8) is 0 Å². The molecule has 0 spiro atoms. The average Bonchev–Trinajstić information content (AvgIpc) is 2.77. The quantitative estimate of drug-likeness (QED) is 0.454. The number of piperidine rings is 1. The fourth-order valence-electron chi connectivity index (χ4n) is 4.02. The third-order valence-corrected chi connectivity index (χ3v) is 6.06. The van der Waals surface area contributed by atoms with Gasteiger partial charge < -0.3 is 16.4 Å². The Balaban J connectivity index is 1.55. The molecule has 0 bridgehead atoms.